The molecule has 0 aliphatic heterocycles. The first kappa shape index (κ1) is 5.92. The topological polar surface area (TPSA) is 26.0 Å². The zero-order valence-corrected chi connectivity index (χ0v) is 6.01. The van der Waals surface area contributed by atoms with Gasteiger partial charge in [-0.05, 0) is 18.6 Å². The summed E-state index contributed by atoms with van der Waals surface area (Å²) in [6.07, 6.45) is 0. The Morgan fingerprint density at radius 1 is 1.75 bits per heavy atom. The van der Waals surface area contributed by atoms with Gasteiger partial charge in [0.15, 0.2) is 0 Å². The first-order valence-corrected chi connectivity index (χ1v) is 3.41. The van der Waals surface area contributed by atoms with E-state index in [2.05, 4.69) is 0 Å². The Labute approximate surface area is 57.1 Å². The fourth-order valence-electron chi connectivity index (χ4n) is 0.456. The number of hydrogen-bond acceptors (Lipinski definition) is 2. The van der Waals surface area contributed by atoms with Gasteiger partial charge in [0, 0.05) is 0 Å². The van der Waals surface area contributed by atoms with Crippen molar-refractivity contribution in [1.82, 2.24) is 0 Å². The number of rotatable bonds is 0. The lowest BCUT2D eigenvalue weighted by molar-refractivity contribution is 1.55. The third kappa shape index (κ3) is 0.956. The first-order chi connectivity index (χ1) is 3.70. The van der Waals surface area contributed by atoms with Crippen molar-refractivity contribution in [2.75, 3.05) is 5.73 Å². The molecule has 1 heterocycles. The Hall–Kier alpha value is -0.210. The highest BCUT2D eigenvalue weighted by molar-refractivity contribution is 7.19. The standard InChI is InChI=1S/C5H6ClNS/c1-3-2-4(6)8-5(3)7/h2H,7H2,1H3. The quantitative estimate of drug-likeness (QED) is 0.599. The molecule has 0 amide bonds. The van der Waals surface area contributed by atoms with E-state index in [0.717, 1.165) is 14.9 Å². The smallest absolute Gasteiger partial charge is 0.0952 e. The maximum atomic E-state index is 5.60. The highest BCUT2D eigenvalue weighted by atomic mass is 35.5. The minimum Gasteiger partial charge on any atom is -0.390 e. The lowest BCUT2D eigenvalue weighted by Crippen LogP contribution is -1.78. The summed E-state index contributed by atoms with van der Waals surface area (Å²) >= 11 is 7.02. The molecule has 0 saturated heterocycles. The minimum atomic E-state index is 0.764. The predicted octanol–water partition coefficient (Wildman–Crippen LogP) is 2.29. The molecule has 3 heteroatoms. The van der Waals surface area contributed by atoms with Crippen LogP contribution < -0.4 is 5.73 Å². The molecule has 1 nitrogen and oxygen atoms in total. The molecule has 8 heavy (non-hydrogen) atoms. The summed E-state index contributed by atoms with van der Waals surface area (Å²) in [4.78, 5) is 0. The molecule has 2 N–H and O–H groups in total. The Morgan fingerprint density at radius 2 is 2.38 bits per heavy atom. The van der Waals surface area contributed by atoms with Crippen LogP contribution in [0.5, 0.6) is 0 Å². The zero-order chi connectivity index (χ0) is 6.15. The van der Waals surface area contributed by atoms with Gasteiger partial charge in [-0.25, -0.2) is 0 Å². The van der Waals surface area contributed by atoms with E-state index in [4.69, 9.17) is 17.3 Å². The molecule has 0 aliphatic rings. The van der Waals surface area contributed by atoms with Crippen LogP contribution >= 0.6 is 22.9 Å². The molecule has 0 atom stereocenters. The highest BCUT2D eigenvalue weighted by Gasteiger charge is 1.96. The molecule has 0 spiro atoms. The van der Waals surface area contributed by atoms with E-state index in [-0.39, 0.29) is 0 Å². The van der Waals surface area contributed by atoms with E-state index in [1.807, 2.05) is 13.0 Å². The van der Waals surface area contributed by atoms with Gasteiger partial charge in [0.25, 0.3) is 0 Å². The van der Waals surface area contributed by atoms with Crippen LogP contribution in [0.15, 0.2) is 6.07 Å². The molecule has 1 rings (SSSR count). The Balaban J connectivity index is 3.14. The van der Waals surface area contributed by atoms with Crippen molar-refractivity contribution < 1.29 is 0 Å². The SMILES string of the molecule is Cc1cc(Cl)sc1N. The van der Waals surface area contributed by atoms with Gasteiger partial charge in [0.2, 0.25) is 0 Å². The van der Waals surface area contributed by atoms with Crippen molar-refractivity contribution in [3.8, 4) is 0 Å². The summed E-state index contributed by atoms with van der Waals surface area (Å²) in [5.74, 6) is 0. The maximum Gasteiger partial charge on any atom is 0.0952 e. The molecule has 0 saturated carbocycles. The number of halogens is 1. The third-order valence-corrected chi connectivity index (χ3v) is 2.12. The zero-order valence-electron chi connectivity index (χ0n) is 4.44. The largest absolute Gasteiger partial charge is 0.390 e. The van der Waals surface area contributed by atoms with Crippen molar-refractivity contribution in [2.45, 2.75) is 6.92 Å². The number of nitrogen functional groups attached to an aromatic ring is 1. The van der Waals surface area contributed by atoms with E-state index in [0.29, 0.717) is 0 Å². The van der Waals surface area contributed by atoms with Gasteiger partial charge in [0.1, 0.15) is 0 Å². The third-order valence-electron chi connectivity index (χ3n) is 0.926. The van der Waals surface area contributed by atoms with Crippen LogP contribution in [0.4, 0.5) is 5.00 Å². The van der Waals surface area contributed by atoms with Crippen molar-refractivity contribution in [1.29, 1.82) is 0 Å². The normalized spacial score (nSPS) is 9.75. The fourth-order valence-corrected chi connectivity index (χ4v) is 1.54. The van der Waals surface area contributed by atoms with E-state index in [1.54, 1.807) is 0 Å². The van der Waals surface area contributed by atoms with Crippen LogP contribution in [0, 0.1) is 6.92 Å². The molecule has 44 valence electrons. The summed E-state index contributed by atoms with van der Waals surface area (Å²) in [6.45, 7) is 1.94. The van der Waals surface area contributed by atoms with Crippen molar-refractivity contribution in [3.63, 3.8) is 0 Å². The van der Waals surface area contributed by atoms with Gasteiger partial charge in [-0.1, -0.05) is 11.6 Å². The van der Waals surface area contributed by atoms with Crippen molar-refractivity contribution in [2.24, 2.45) is 0 Å². The van der Waals surface area contributed by atoms with Crippen LogP contribution in [-0.4, -0.2) is 0 Å². The average molecular weight is 148 g/mol. The molecule has 0 radical (unpaired) electrons. The second kappa shape index (κ2) is 1.96. The molecule has 0 aromatic carbocycles. The van der Waals surface area contributed by atoms with Gasteiger partial charge in [-0.15, -0.1) is 11.3 Å². The Kier molecular flexibility index (Phi) is 1.45. The number of thiophene rings is 1. The van der Waals surface area contributed by atoms with E-state index in [1.165, 1.54) is 11.3 Å². The predicted molar refractivity (Wildman–Crippen MR) is 38.5 cm³/mol. The van der Waals surface area contributed by atoms with E-state index < -0.39 is 0 Å². The van der Waals surface area contributed by atoms with Gasteiger partial charge >= 0.3 is 0 Å². The lowest BCUT2D eigenvalue weighted by Gasteiger charge is -1.80. The molecule has 0 bridgehead atoms. The lowest BCUT2D eigenvalue weighted by atomic mass is 10.4. The number of hydrogen-bond donors (Lipinski definition) is 1. The van der Waals surface area contributed by atoms with Crippen LogP contribution in [0.25, 0.3) is 0 Å². The van der Waals surface area contributed by atoms with Gasteiger partial charge in [-0.3, -0.25) is 0 Å². The summed E-state index contributed by atoms with van der Waals surface area (Å²) in [7, 11) is 0. The summed E-state index contributed by atoms with van der Waals surface area (Å²) < 4.78 is 0.764. The average Bonchev–Trinajstić information content (AvgIpc) is 1.85. The Bertz CT molecular complexity index is 175. The maximum absolute atomic E-state index is 5.60. The van der Waals surface area contributed by atoms with E-state index in [9.17, 15) is 0 Å². The molecule has 0 fully saturated rings. The molecular weight excluding hydrogens is 142 g/mol. The summed E-state index contributed by atoms with van der Waals surface area (Å²) in [5, 5.41) is 0.815. The molecular formula is C5H6ClNS. The highest BCUT2D eigenvalue weighted by Crippen LogP contribution is 2.27. The molecule has 0 unspecified atom stereocenters. The van der Waals surface area contributed by atoms with Gasteiger partial charge < -0.3 is 5.73 Å². The van der Waals surface area contributed by atoms with Crippen molar-refractivity contribution >= 4 is 27.9 Å². The van der Waals surface area contributed by atoms with Crippen LogP contribution in [-0.2, 0) is 0 Å². The molecule has 1 aromatic rings. The number of nitrogens with two attached hydrogens (primary N) is 1. The van der Waals surface area contributed by atoms with Crippen molar-refractivity contribution in [3.05, 3.63) is 16.0 Å². The van der Waals surface area contributed by atoms with Crippen LogP contribution in [0.3, 0.4) is 0 Å². The monoisotopic (exact) mass is 147 g/mol. The minimum absolute atomic E-state index is 0.764. The van der Waals surface area contributed by atoms with Gasteiger partial charge in [0.05, 0.1) is 9.34 Å². The fraction of sp³-hybridized carbons (Fsp3) is 0.200. The second-order valence-corrected chi connectivity index (χ2v) is 3.31. The Morgan fingerprint density at radius 3 is 2.50 bits per heavy atom. The van der Waals surface area contributed by atoms with Crippen LogP contribution in [0.1, 0.15) is 5.56 Å². The van der Waals surface area contributed by atoms with Gasteiger partial charge in [-0.2, -0.15) is 0 Å². The number of aryl methyl sites for hydroxylation is 1. The first-order valence-electron chi connectivity index (χ1n) is 2.21. The molecule has 1 aromatic heterocycles. The number of anilines is 1. The molecule has 0 aliphatic carbocycles. The summed E-state index contributed by atoms with van der Waals surface area (Å²) in [6, 6.07) is 1.86. The van der Waals surface area contributed by atoms with Crippen LogP contribution in [0.2, 0.25) is 4.34 Å². The second-order valence-electron chi connectivity index (χ2n) is 1.60. The van der Waals surface area contributed by atoms with E-state index >= 15 is 0 Å². The summed E-state index contributed by atoms with van der Waals surface area (Å²) in [5.41, 5.74) is 6.54.